The molecule has 0 aliphatic carbocycles. The highest BCUT2D eigenvalue weighted by atomic mass is 32.2. The van der Waals surface area contributed by atoms with Crippen LogP contribution < -0.4 is 4.74 Å². The predicted octanol–water partition coefficient (Wildman–Crippen LogP) is 2.85. The molecule has 0 unspecified atom stereocenters. The number of hydrogen-bond acceptors (Lipinski definition) is 6. The number of sulfonamides is 1. The quantitative estimate of drug-likeness (QED) is 0.616. The predicted molar refractivity (Wildman–Crippen MR) is 96.8 cm³/mol. The van der Waals surface area contributed by atoms with Crippen LogP contribution in [0, 0.1) is 5.82 Å². The first-order chi connectivity index (χ1) is 12.9. The zero-order chi connectivity index (χ0) is 19.4. The van der Waals surface area contributed by atoms with Gasteiger partial charge in [0.2, 0.25) is 21.7 Å². The molecule has 1 heterocycles. The van der Waals surface area contributed by atoms with E-state index < -0.39 is 15.8 Å². The molecule has 142 valence electrons. The smallest absolute Gasteiger partial charge is 0.242 e. The first-order valence-corrected chi connectivity index (χ1v) is 9.64. The largest absolute Gasteiger partial charge is 0.497 e. The van der Waals surface area contributed by atoms with Crippen molar-refractivity contribution in [3.8, 4) is 17.1 Å². The normalized spacial score (nSPS) is 11.7. The summed E-state index contributed by atoms with van der Waals surface area (Å²) in [4.78, 5) is 4.23. The molecule has 0 bridgehead atoms. The summed E-state index contributed by atoms with van der Waals surface area (Å²) in [6, 6.07) is 12.4. The fourth-order valence-corrected chi connectivity index (χ4v) is 3.51. The van der Waals surface area contributed by atoms with Crippen molar-refractivity contribution in [1.82, 2.24) is 14.4 Å². The molecule has 27 heavy (non-hydrogen) atoms. The number of ether oxygens (including phenoxy) is 1. The van der Waals surface area contributed by atoms with Gasteiger partial charge in [0, 0.05) is 12.6 Å². The Hall–Kier alpha value is -2.78. The van der Waals surface area contributed by atoms with Crippen LogP contribution in [0.25, 0.3) is 11.4 Å². The van der Waals surface area contributed by atoms with Gasteiger partial charge in [0.05, 0.1) is 19.4 Å². The number of methoxy groups -OCH3 is 1. The number of aromatic nitrogens is 2. The highest BCUT2D eigenvalue weighted by molar-refractivity contribution is 7.88. The van der Waals surface area contributed by atoms with Crippen LogP contribution in [-0.2, 0) is 22.3 Å². The van der Waals surface area contributed by atoms with Gasteiger partial charge >= 0.3 is 0 Å². The van der Waals surface area contributed by atoms with Crippen LogP contribution in [0.5, 0.6) is 5.75 Å². The SMILES string of the molecule is COc1ccc(-c2noc(CN(C)S(=O)(=O)Cc3ccc(F)cc3)n2)cc1. The molecule has 0 saturated heterocycles. The number of nitrogens with zero attached hydrogens (tertiary/aromatic N) is 3. The summed E-state index contributed by atoms with van der Waals surface area (Å²) in [5.74, 6) is 0.571. The standard InChI is InChI=1S/C18H18FN3O4S/c1-22(27(23,24)12-13-3-7-15(19)8-4-13)11-17-20-18(21-26-17)14-5-9-16(25-2)10-6-14/h3-10H,11-12H2,1-2H3. The fourth-order valence-electron chi connectivity index (χ4n) is 2.37. The van der Waals surface area contributed by atoms with E-state index in [2.05, 4.69) is 10.1 Å². The molecule has 0 aliphatic heterocycles. The monoisotopic (exact) mass is 391 g/mol. The van der Waals surface area contributed by atoms with Crippen molar-refractivity contribution >= 4 is 10.0 Å². The molecule has 3 aromatic rings. The highest BCUT2D eigenvalue weighted by Crippen LogP contribution is 2.20. The molecule has 1 aromatic heterocycles. The third-order valence-corrected chi connectivity index (χ3v) is 5.69. The Kier molecular flexibility index (Phi) is 5.52. The van der Waals surface area contributed by atoms with Gasteiger partial charge in [0.1, 0.15) is 11.6 Å². The summed E-state index contributed by atoms with van der Waals surface area (Å²) in [7, 11) is -0.622. The van der Waals surface area contributed by atoms with E-state index in [4.69, 9.17) is 9.26 Å². The molecule has 0 aliphatic rings. The molecular weight excluding hydrogens is 373 g/mol. The minimum absolute atomic E-state index is 0.0628. The molecule has 0 fully saturated rings. The van der Waals surface area contributed by atoms with E-state index >= 15 is 0 Å². The molecule has 0 amide bonds. The lowest BCUT2D eigenvalue weighted by atomic mass is 10.2. The van der Waals surface area contributed by atoms with Crippen LogP contribution in [0.1, 0.15) is 11.5 Å². The van der Waals surface area contributed by atoms with Crippen LogP contribution in [0.3, 0.4) is 0 Å². The summed E-state index contributed by atoms with van der Waals surface area (Å²) >= 11 is 0. The summed E-state index contributed by atoms with van der Waals surface area (Å²) in [6.07, 6.45) is 0. The Labute approximate surface area is 156 Å². The Bertz CT molecular complexity index is 1000. The molecule has 2 aromatic carbocycles. The number of rotatable bonds is 7. The second kappa shape index (κ2) is 7.85. The van der Waals surface area contributed by atoms with Crippen LogP contribution in [0.15, 0.2) is 53.1 Å². The Morgan fingerprint density at radius 2 is 1.78 bits per heavy atom. The molecule has 0 radical (unpaired) electrons. The number of benzene rings is 2. The molecule has 7 nitrogen and oxygen atoms in total. The third kappa shape index (κ3) is 4.69. The van der Waals surface area contributed by atoms with E-state index in [9.17, 15) is 12.8 Å². The van der Waals surface area contributed by atoms with Crippen molar-refractivity contribution < 1.29 is 22.1 Å². The van der Waals surface area contributed by atoms with Crippen LogP contribution >= 0.6 is 0 Å². The van der Waals surface area contributed by atoms with E-state index in [1.165, 1.54) is 31.3 Å². The molecule has 0 N–H and O–H groups in total. The fraction of sp³-hybridized carbons (Fsp3) is 0.222. The first kappa shape index (κ1) is 19.0. The lowest BCUT2D eigenvalue weighted by Gasteiger charge is -2.15. The minimum atomic E-state index is -3.62. The van der Waals surface area contributed by atoms with Crippen molar-refractivity contribution in [2.75, 3.05) is 14.2 Å². The molecule has 9 heteroatoms. The van der Waals surface area contributed by atoms with Crippen molar-refractivity contribution in [2.45, 2.75) is 12.3 Å². The van der Waals surface area contributed by atoms with Crippen LogP contribution in [0.4, 0.5) is 4.39 Å². The molecule has 3 rings (SSSR count). The molecule has 0 saturated carbocycles. The average molecular weight is 391 g/mol. The number of halogens is 1. The maximum Gasteiger partial charge on any atom is 0.242 e. The summed E-state index contributed by atoms with van der Waals surface area (Å²) < 4.78 is 49.3. The minimum Gasteiger partial charge on any atom is -0.497 e. The van der Waals surface area contributed by atoms with Crippen LogP contribution in [0.2, 0.25) is 0 Å². The Morgan fingerprint density at radius 1 is 1.11 bits per heavy atom. The lowest BCUT2D eigenvalue weighted by molar-refractivity contribution is 0.336. The van der Waals surface area contributed by atoms with Crippen molar-refractivity contribution in [3.63, 3.8) is 0 Å². The summed E-state index contributed by atoms with van der Waals surface area (Å²) in [5, 5.41) is 3.88. The van der Waals surface area contributed by atoms with Gasteiger partial charge in [0.25, 0.3) is 0 Å². The van der Waals surface area contributed by atoms with Gasteiger partial charge in [-0.1, -0.05) is 17.3 Å². The van der Waals surface area contributed by atoms with Gasteiger partial charge in [-0.15, -0.1) is 0 Å². The van der Waals surface area contributed by atoms with Gasteiger partial charge in [0.15, 0.2) is 0 Å². The van der Waals surface area contributed by atoms with Gasteiger partial charge < -0.3 is 9.26 Å². The van der Waals surface area contributed by atoms with E-state index in [0.29, 0.717) is 17.1 Å². The van der Waals surface area contributed by atoms with Gasteiger partial charge in [-0.05, 0) is 42.0 Å². The Morgan fingerprint density at radius 3 is 2.41 bits per heavy atom. The van der Waals surface area contributed by atoms with E-state index in [0.717, 1.165) is 9.87 Å². The zero-order valence-corrected chi connectivity index (χ0v) is 15.6. The van der Waals surface area contributed by atoms with E-state index in [-0.39, 0.29) is 18.2 Å². The molecule has 0 atom stereocenters. The van der Waals surface area contributed by atoms with E-state index in [1.807, 2.05) is 0 Å². The van der Waals surface area contributed by atoms with Crippen molar-refractivity contribution in [2.24, 2.45) is 0 Å². The van der Waals surface area contributed by atoms with Crippen molar-refractivity contribution in [1.29, 1.82) is 0 Å². The van der Waals surface area contributed by atoms with Gasteiger partial charge in [-0.25, -0.2) is 12.8 Å². The van der Waals surface area contributed by atoms with Gasteiger partial charge in [-0.3, -0.25) is 0 Å². The second-order valence-corrected chi connectivity index (χ2v) is 7.95. The zero-order valence-electron chi connectivity index (χ0n) is 14.8. The maximum absolute atomic E-state index is 13.0. The first-order valence-electron chi connectivity index (χ1n) is 8.03. The topological polar surface area (TPSA) is 85.5 Å². The average Bonchev–Trinajstić information content (AvgIpc) is 3.12. The molecular formula is C18H18FN3O4S. The summed E-state index contributed by atoms with van der Waals surface area (Å²) in [6.45, 7) is -0.0628. The molecule has 0 spiro atoms. The van der Waals surface area contributed by atoms with Gasteiger partial charge in [-0.2, -0.15) is 9.29 Å². The van der Waals surface area contributed by atoms with E-state index in [1.54, 1.807) is 31.4 Å². The van der Waals surface area contributed by atoms with Crippen LogP contribution in [-0.4, -0.2) is 37.0 Å². The second-order valence-electron chi connectivity index (χ2n) is 5.88. The third-order valence-electron chi connectivity index (χ3n) is 3.91. The highest BCUT2D eigenvalue weighted by Gasteiger charge is 2.21. The lowest BCUT2D eigenvalue weighted by Crippen LogP contribution is -2.27. The Balaban J connectivity index is 1.69. The summed E-state index contributed by atoms with van der Waals surface area (Å²) in [5.41, 5.74) is 1.22. The maximum atomic E-state index is 13.0. The van der Waals surface area contributed by atoms with Crippen molar-refractivity contribution in [3.05, 3.63) is 65.8 Å². The number of hydrogen-bond donors (Lipinski definition) is 0.